The minimum atomic E-state index is -0.474. The number of aliphatic hydroxyl groups excluding tert-OH is 1. The molecule has 1 aliphatic rings. The van der Waals surface area contributed by atoms with Crippen molar-refractivity contribution >= 4 is 0 Å². The van der Waals surface area contributed by atoms with Crippen molar-refractivity contribution in [3.05, 3.63) is 30.9 Å². The molecule has 0 saturated carbocycles. The highest BCUT2D eigenvalue weighted by atomic mass is 16.7. The number of aliphatic hydroxyl groups is 1. The van der Waals surface area contributed by atoms with Crippen LogP contribution in [0.1, 0.15) is 12.8 Å². The topological polar surface area (TPSA) is 47.9 Å². The van der Waals surface area contributed by atoms with Crippen LogP contribution in [0.3, 0.4) is 0 Å². The zero-order valence-electron chi connectivity index (χ0n) is 9.59. The number of fused-ring (bicyclic) bond motifs is 1. The maximum absolute atomic E-state index is 9.61. The Morgan fingerprint density at radius 1 is 1.41 bits per heavy atom. The molecule has 1 atom stereocenters. The average molecular weight is 236 g/mol. The summed E-state index contributed by atoms with van der Waals surface area (Å²) in [5.41, 5.74) is 0. The van der Waals surface area contributed by atoms with Gasteiger partial charge in [0.2, 0.25) is 6.79 Å². The quantitative estimate of drug-likeness (QED) is 0.768. The summed E-state index contributed by atoms with van der Waals surface area (Å²) in [6, 6.07) is 5.37. The molecule has 0 fully saturated rings. The summed E-state index contributed by atoms with van der Waals surface area (Å²) in [5.74, 6) is 2.08. The molecule has 0 spiro atoms. The van der Waals surface area contributed by atoms with E-state index in [-0.39, 0.29) is 13.4 Å². The molecular weight excluding hydrogens is 220 g/mol. The molecule has 0 radical (unpaired) electrons. The number of ether oxygens (including phenoxy) is 3. The Morgan fingerprint density at radius 3 is 3.06 bits per heavy atom. The maximum Gasteiger partial charge on any atom is 0.231 e. The van der Waals surface area contributed by atoms with E-state index in [1.807, 2.05) is 0 Å². The summed E-state index contributed by atoms with van der Waals surface area (Å²) in [4.78, 5) is 0. The van der Waals surface area contributed by atoms with Crippen LogP contribution < -0.4 is 14.2 Å². The predicted octanol–water partition coefficient (Wildman–Crippen LogP) is 2.12. The van der Waals surface area contributed by atoms with Crippen LogP contribution in [0, 0.1) is 0 Å². The van der Waals surface area contributed by atoms with Gasteiger partial charge in [-0.3, -0.25) is 0 Å². The Kier molecular flexibility index (Phi) is 3.88. The fourth-order valence-electron chi connectivity index (χ4n) is 1.55. The highest BCUT2D eigenvalue weighted by Crippen LogP contribution is 2.35. The zero-order chi connectivity index (χ0) is 12.1. The Morgan fingerprint density at radius 2 is 2.24 bits per heavy atom. The minimum absolute atomic E-state index is 0.251. The minimum Gasteiger partial charge on any atom is -0.491 e. The summed E-state index contributed by atoms with van der Waals surface area (Å²) in [5, 5.41) is 9.61. The number of benzene rings is 1. The maximum atomic E-state index is 9.61. The highest BCUT2D eigenvalue weighted by Gasteiger charge is 2.14. The van der Waals surface area contributed by atoms with Gasteiger partial charge >= 0.3 is 0 Å². The van der Waals surface area contributed by atoms with Crippen molar-refractivity contribution in [2.45, 2.75) is 18.9 Å². The van der Waals surface area contributed by atoms with Gasteiger partial charge in [-0.15, -0.1) is 6.58 Å². The van der Waals surface area contributed by atoms with Gasteiger partial charge in [0.25, 0.3) is 0 Å². The molecule has 1 heterocycles. The highest BCUT2D eigenvalue weighted by molar-refractivity contribution is 5.46. The summed E-state index contributed by atoms with van der Waals surface area (Å²) >= 11 is 0. The van der Waals surface area contributed by atoms with Crippen LogP contribution in [0.25, 0.3) is 0 Å². The molecule has 17 heavy (non-hydrogen) atoms. The van der Waals surface area contributed by atoms with Crippen LogP contribution in [0.15, 0.2) is 30.9 Å². The van der Waals surface area contributed by atoms with Gasteiger partial charge in [-0.2, -0.15) is 0 Å². The Bertz CT molecular complexity index is 389. The van der Waals surface area contributed by atoms with E-state index in [1.165, 1.54) is 0 Å². The van der Waals surface area contributed by atoms with E-state index in [0.717, 1.165) is 12.2 Å². The Labute approximate surface area is 100 Å². The lowest BCUT2D eigenvalue weighted by molar-refractivity contribution is 0.101. The number of hydrogen-bond acceptors (Lipinski definition) is 4. The number of hydrogen-bond donors (Lipinski definition) is 1. The molecular formula is C13H16O4. The van der Waals surface area contributed by atoms with Crippen molar-refractivity contribution in [1.82, 2.24) is 0 Å². The molecule has 0 amide bonds. The first kappa shape index (κ1) is 11.8. The fourth-order valence-corrected chi connectivity index (χ4v) is 1.55. The van der Waals surface area contributed by atoms with Gasteiger partial charge in [0.05, 0.1) is 6.10 Å². The monoisotopic (exact) mass is 236 g/mol. The smallest absolute Gasteiger partial charge is 0.231 e. The molecule has 0 aromatic heterocycles. The van der Waals surface area contributed by atoms with Gasteiger partial charge in [-0.1, -0.05) is 6.08 Å². The molecule has 0 saturated heterocycles. The van der Waals surface area contributed by atoms with Crippen LogP contribution in [-0.4, -0.2) is 24.6 Å². The first-order valence-corrected chi connectivity index (χ1v) is 5.61. The fraction of sp³-hybridized carbons (Fsp3) is 0.385. The SMILES string of the molecule is C=CCC[C@@H](O)COc1ccc2c(c1)OCO2. The van der Waals surface area contributed by atoms with E-state index in [1.54, 1.807) is 24.3 Å². The summed E-state index contributed by atoms with van der Waals surface area (Å²) < 4.78 is 15.9. The van der Waals surface area contributed by atoms with Crippen LogP contribution in [-0.2, 0) is 0 Å². The van der Waals surface area contributed by atoms with Crippen LogP contribution in [0.2, 0.25) is 0 Å². The molecule has 0 aliphatic carbocycles. The van der Waals surface area contributed by atoms with Gasteiger partial charge in [-0.05, 0) is 25.0 Å². The lowest BCUT2D eigenvalue weighted by Crippen LogP contribution is -2.16. The van der Waals surface area contributed by atoms with Crippen LogP contribution in [0.5, 0.6) is 17.2 Å². The third kappa shape index (κ3) is 3.14. The molecule has 2 rings (SSSR count). The third-order valence-electron chi connectivity index (χ3n) is 2.49. The Balaban J connectivity index is 1.84. The van der Waals surface area contributed by atoms with Crippen molar-refractivity contribution < 1.29 is 19.3 Å². The van der Waals surface area contributed by atoms with Crippen molar-refractivity contribution in [1.29, 1.82) is 0 Å². The second-order valence-electron chi connectivity index (χ2n) is 3.85. The van der Waals surface area contributed by atoms with Gasteiger partial charge in [0, 0.05) is 6.07 Å². The second-order valence-corrected chi connectivity index (χ2v) is 3.85. The first-order valence-electron chi connectivity index (χ1n) is 5.61. The average Bonchev–Trinajstić information content (AvgIpc) is 2.81. The van der Waals surface area contributed by atoms with Crippen molar-refractivity contribution in [2.24, 2.45) is 0 Å². The first-order chi connectivity index (χ1) is 8.29. The predicted molar refractivity (Wildman–Crippen MR) is 63.5 cm³/mol. The zero-order valence-corrected chi connectivity index (χ0v) is 9.59. The molecule has 0 unspecified atom stereocenters. The second kappa shape index (κ2) is 5.59. The van der Waals surface area contributed by atoms with E-state index in [0.29, 0.717) is 17.9 Å². The molecule has 1 aromatic carbocycles. The molecule has 1 aliphatic heterocycles. The van der Waals surface area contributed by atoms with Gasteiger partial charge in [0.1, 0.15) is 12.4 Å². The van der Waals surface area contributed by atoms with E-state index >= 15 is 0 Å². The molecule has 1 aromatic rings. The summed E-state index contributed by atoms with van der Waals surface area (Å²) in [7, 11) is 0. The van der Waals surface area contributed by atoms with Crippen molar-refractivity contribution in [3.63, 3.8) is 0 Å². The molecule has 4 nitrogen and oxygen atoms in total. The van der Waals surface area contributed by atoms with E-state index in [9.17, 15) is 5.11 Å². The van der Waals surface area contributed by atoms with Gasteiger partial charge in [-0.25, -0.2) is 0 Å². The largest absolute Gasteiger partial charge is 0.491 e. The molecule has 0 bridgehead atoms. The standard InChI is InChI=1S/C13H16O4/c1-2-3-4-10(14)8-15-11-5-6-12-13(7-11)17-9-16-12/h2,5-7,10,14H,1,3-4,8-9H2/t10-/m1/s1. The van der Waals surface area contributed by atoms with E-state index < -0.39 is 6.10 Å². The van der Waals surface area contributed by atoms with Crippen molar-refractivity contribution in [2.75, 3.05) is 13.4 Å². The van der Waals surface area contributed by atoms with Gasteiger partial charge < -0.3 is 19.3 Å². The summed E-state index contributed by atoms with van der Waals surface area (Å²) in [6.45, 7) is 4.13. The molecule has 1 N–H and O–H groups in total. The third-order valence-corrected chi connectivity index (χ3v) is 2.49. The van der Waals surface area contributed by atoms with E-state index in [4.69, 9.17) is 14.2 Å². The normalized spacial score (nSPS) is 14.4. The number of rotatable bonds is 6. The number of allylic oxidation sites excluding steroid dienone is 1. The van der Waals surface area contributed by atoms with Crippen LogP contribution in [0.4, 0.5) is 0 Å². The van der Waals surface area contributed by atoms with Gasteiger partial charge in [0.15, 0.2) is 11.5 Å². The van der Waals surface area contributed by atoms with E-state index in [2.05, 4.69) is 6.58 Å². The van der Waals surface area contributed by atoms with Crippen molar-refractivity contribution in [3.8, 4) is 17.2 Å². The molecule has 92 valence electrons. The molecule has 4 heteroatoms. The summed E-state index contributed by atoms with van der Waals surface area (Å²) in [6.07, 6.45) is 2.75. The van der Waals surface area contributed by atoms with Crippen LogP contribution >= 0.6 is 0 Å². The lowest BCUT2D eigenvalue weighted by Gasteiger charge is -2.11. The Hall–Kier alpha value is -1.68. The lowest BCUT2D eigenvalue weighted by atomic mass is 10.2.